The van der Waals surface area contributed by atoms with Gasteiger partial charge in [-0.2, -0.15) is 0 Å². The van der Waals surface area contributed by atoms with Crippen molar-refractivity contribution in [3.8, 4) is 0 Å². The van der Waals surface area contributed by atoms with Gasteiger partial charge in [0.15, 0.2) is 5.52 Å². The van der Waals surface area contributed by atoms with E-state index in [0.29, 0.717) is 43.3 Å². The Labute approximate surface area is 224 Å². The molecule has 0 bridgehead atoms. The first kappa shape index (κ1) is 25.1. The fraction of sp³-hybridized carbons (Fsp3) is 0.185. The van der Waals surface area contributed by atoms with Gasteiger partial charge in [-0.1, -0.05) is 42.5 Å². The molecule has 7 rings (SSSR count). The number of benzene rings is 3. The molecule has 5 aromatic rings. The predicted molar refractivity (Wildman–Crippen MR) is 141 cm³/mol. The Balaban J connectivity index is 0.000000161. The maximum atomic E-state index is 12.1. The van der Waals surface area contributed by atoms with Gasteiger partial charge in [-0.25, -0.2) is 14.5 Å². The number of imidazole rings is 2. The normalized spacial score (nSPS) is 13.9. The van der Waals surface area contributed by atoms with E-state index in [2.05, 4.69) is 42.6 Å². The topological polar surface area (TPSA) is 134 Å². The zero-order valence-electron chi connectivity index (χ0n) is 20.5. The highest BCUT2D eigenvalue weighted by atomic mass is 35.5. The Morgan fingerprint density at radius 2 is 1.66 bits per heavy atom. The van der Waals surface area contributed by atoms with Crippen molar-refractivity contribution in [1.29, 1.82) is 0 Å². The van der Waals surface area contributed by atoms with Gasteiger partial charge in [-0.15, -0.1) is 0 Å². The van der Waals surface area contributed by atoms with Crippen molar-refractivity contribution in [2.24, 2.45) is 0 Å². The lowest BCUT2D eigenvalue weighted by molar-refractivity contribution is -0.653. The molecule has 0 saturated carbocycles. The van der Waals surface area contributed by atoms with Crippen LogP contribution in [0.1, 0.15) is 26.3 Å². The van der Waals surface area contributed by atoms with Crippen LogP contribution in [0.4, 0.5) is 11.9 Å². The minimum Gasteiger partial charge on any atom is -1.00 e. The maximum Gasteiger partial charge on any atom is 0.353 e. The van der Waals surface area contributed by atoms with Gasteiger partial charge in [-0.05, 0) is 29.8 Å². The van der Waals surface area contributed by atoms with Crippen molar-refractivity contribution in [2.45, 2.75) is 19.6 Å². The molecule has 2 amide bonds. The number of nitrogens with two attached hydrogens (primary N) is 1. The second-order valence-electron chi connectivity index (χ2n) is 8.97. The fourth-order valence-electron chi connectivity index (χ4n) is 4.93. The highest BCUT2D eigenvalue weighted by molar-refractivity contribution is 6.06. The van der Waals surface area contributed by atoms with Crippen LogP contribution in [0.15, 0.2) is 66.7 Å². The number of carbonyl (C=O) groups is 2. The fourth-order valence-corrected chi connectivity index (χ4v) is 4.93. The van der Waals surface area contributed by atoms with Crippen molar-refractivity contribution >= 4 is 45.8 Å². The van der Waals surface area contributed by atoms with Crippen molar-refractivity contribution in [2.75, 3.05) is 24.1 Å². The third kappa shape index (κ3) is 4.50. The number of nitrogens with one attached hydrogen (secondary N) is 4. The van der Waals surface area contributed by atoms with E-state index >= 15 is 0 Å². The van der Waals surface area contributed by atoms with Crippen molar-refractivity contribution in [3.63, 3.8) is 0 Å². The van der Waals surface area contributed by atoms with Gasteiger partial charge < -0.3 is 32.9 Å². The Kier molecular flexibility index (Phi) is 6.89. The molecule has 38 heavy (non-hydrogen) atoms. The second-order valence-corrected chi connectivity index (χ2v) is 8.97. The first-order valence-corrected chi connectivity index (χ1v) is 12.2. The summed E-state index contributed by atoms with van der Waals surface area (Å²) in [6.07, 6.45) is 0. The van der Waals surface area contributed by atoms with Crippen molar-refractivity contribution < 1.29 is 26.6 Å². The van der Waals surface area contributed by atoms with Crippen LogP contribution in [0.3, 0.4) is 0 Å². The van der Waals surface area contributed by atoms with Crippen LogP contribution in [0, 0.1) is 0 Å². The van der Waals surface area contributed by atoms with E-state index in [1.165, 1.54) is 5.56 Å². The summed E-state index contributed by atoms with van der Waals surface area (Å²) in [6.45, 7) is 3.35. The number of amides is 2. The van der Waals surface area contributed by atoms with Gasteiger partial charge in [0.2, 0.25) is 5.95 Å². The second kappa shape index (κ2) is 10.4. The van der Waals surface area contributed by atoms with Gasteiger partial charge in [0.25, 0.3) is 11.8 Å². The Hall–Kier alpha value is -4.57. The third-order valence-corrected chi connectivity index (χ3v) is 6.65. The van der Waals surface area contributed by atoms with Crippen molar-refractivity contribution in [3.05, 3.63) is 83.4 Å². The van der Waals surface area contributed by atoms with Crippen LogP contribution >= 0.6 is 0 Å². The average Bonchev–Trinajstić information content (AvgIpc) is 3.30. The van der Waals surface area contributed by atoms with E-state index in [1.807, 2.05) is 59.2 Å². The summed E-state index contributed by atoms with van der Waals surface area (Å²) in [4.78, 5) is 31.5. The molecule has 0 atom stereocenters. The quantitative estimate of drug-likeness (QED) is 0.194. The van der Waals surface area contributed by atoms with E-state index in [-0.39, 0.29) is 24.2 Å². The number of halogens is 1. The first-order chi connectivity index (χ1) is 18.1. The lowest BCUT2D eigenvalue weighted by atomic mass is 10.2. The molecule has 0 radical (unpaired) electrons. The Morgan fingerprint density at radius 1 is 0.921 bits per heavy atom. The lowest BCUT2D eigenvalue weighted by Gasteiger charge is -2.09. The summed E-state index contributed by atoms with van der Waals surface area (Å²) >= 11 is 0. The summed E-state index contributed by atoms with van der Waals surface area (Å²) in [5.41, 5.74) is 12.0. The molecular formula is C27H27ClN8O2. The van der Waals surface area contributed by atoms with Gasteiger partial charge in [0, 0.05) is 26.2 Å². The third-order valence-electron chi connectivity index (χ3n) is 6.65. The number of aromatic amines is 1. The van der Waals surface area contributed by atoms with Crippen LogP contribution in [0.5, 0.6) is 0 Å². The van der Waals surface area contributed by atoms with E-state index in [0.717, 1.165) is 34.6 Å². The largest absolute Gasteiger partial charge is 1.00 e. The van der Waals surface area contributed by atoms with Gasteiger partial charge in [-0.3, -0.25) is 15.3 Å². The molecule has 6 N–H and O–H groups in total. The standard InChI is InChI=1S/C17H16N4O.C10H10N4O.ClH/c22-16-13-7-4-8-14-15(13)21(10-9-18-16)17(20-14)19-11-12-5-2-1-3-6-12;11-10-13-7-3-1-2-6-8(7)14(10)5-4-12-9(6)15;/h1-8H,9-11H2,(H,18,22)(H,19,20);1-3H,4-5H2,(H3,11,12,13,15);1H. The Morgan fingerprint density at radius 3 is 2.50 bits per heavy atom. The van der Waals surface area contributed by atoms with Crippen molar-refractivity contribution in [1.82, 2.24) is 25.2 Å². The van der Waals surface area contributed by atoms with Crippen LogP contribution in [-0.2, 0) is 19.6 Å². The number of H-pyrrole nitrogens is 1. The average molecular weight is 531 g/mol. The van der Waals surface area contributed by atoms with E-state index < -0.39 is 0 Å². The predicted octanol–water partition coefficient (Wildman–Crippen LogP) is -0.823. The molecule has 4 heterocycles. The molecule has 194 valence electrons. The molecule has 0 aliphatic carbocycles. The number of hydrogen-bond donors (Lipinski definition) is 5. The van der Waals surface area contributed by atoms with Crippen LogP contribution in [0.25, 0.3) is 22.1 Å². The molecule has 2 aliphatic heterocycles. The van der Waals surface area contributed by atoms with Crippen LogP contribution in [-0.4, -0.2) is 39.4 Å². The monoisotopic (exact) mass is 530 g/mol. The first-order valence-electron chi connectivity index (χ1n) is 12.2. The number of nitrogen functional groups attached to an aromatic ring is 1. The minimum atomic E-state index is -0.0362. The number of para-hydroxylation sites is 2. The summed E-state index contributed by atoms with van der Waals surface area (Å²) in [7, 11) is 0. The molecule has 11 heteroatoms. The number of aromatic nitrogens is 4. The molecule has 3 aromatic carbocycles. The smallest absolute Gasteiger partial charge is 0.353 e. The lowest BCUT2D eigenvalue weighted by Crippen LogP contribution is -3.00. The van der Waals surface area contributed by atoms with Gasteiger partial charge >= 0.3 is 5.95 Å². The number of anilines is 2. The molecule has 2 aliphatic rings. The molecule has 0 saturated heterocycles. The highest BCUT2D eigenvalue weighted by Gasteiger charge is 2.24. The molecule has 0 spiro atoms. The minimum absolute atomic E-state index is 0. The Bertz CT molecular complexity index is 1640. The number of rotatable bonds is 3. The molecule has 2 aromatic heterocycles. The number of nitrogens with zero attached hydrogens (tertiary/aromatic N) is 3. The van der Waals surface area contributed by atoms with Crippen LogP contribution in [0.2, 0.25) is 0 Å². The molecular weight excluding hydrogens is 504 g/mol. The number of carbonyl (C=O) groups excluding carboxylic acids is 2. The van der Waals surface area contributed by atoms with E-state index in [4.69, 9.17) is 5.73 Å². The van der Waals surface area contributed by atoms with Gasteiger partial charge in [0.1, 0.15) is 5.52 Å². The molecule has 10 nitrogen and oxygen atoms in total. The zero-order chi connectivity index (χ0) is 25.4. The summed E-state index contributed by atoms with van der Waals surface area (Å²) in [6, 6.07) is 21.5. The van der Waals surface area contributed by atoms with E-state index in [1.54, 1.807) is 0 Å². The highest BCUT2D eigenvalue weighted by Crippen LogP contribution is 2.25. The summed E-state index contributed by atoms with van der Waals surface area (Å²) in [5.74, 6) is 1.33. The summed E-state index contributed by atoms with van der Waals surface area (Å²) in [5, 5.41) is 9.15. The van der Waals surface area contributed by atoms with Gasteiger partial charge in [0.05, 0.1) is 28.7 Å². The van der Waals surface area contributed by atoms with E-state index in [9.17, 15) is 9.59 Å². The SMILES string of the molecule is Nc1[nH]c2cccc3c2[n+]1CCNC3=O.O=C1NCCn2c(NCc3ccccc3)nc3cccc1c32.[Cl-]. The molecule has 0 unspecified atom stereocenters. The molecule has 0 fully saturated rings. The van der Waals surface area contributed by atoms with Crippen LogP contribution < -0.4 is 38.7 Å². The number of hydrogen-bond acceptors (Lipinski definition) is 5. The zero-order valence-corrected chi connectivity index (χ0v) is 21.3. The summed E-state index contributed by atoms with van der Waals surface area (Å²) < 4.78 is 4.02. The maximum absolute atomic E-state index is 12.1.